The molecule has 31 heavy (non-hydrogen) atoms. The fraction of sp³-hybridized carbons (Fsp3) is 0.304. The van der Waals surface area contributed by atoms with Gasteiger partial charge in [0.15, 0.2) is 0 Å². The van der Waals surface area contributed by atoms with Crippen LogP contribution < -0.4 is 16.0 Å². The van der Waals surface area contributed by atoms with Crippen LogP contribution >= 0.6 is 24.0 Å². The number of nitrogens with one attached hydrogen (secondary N) is 3. The molecule has 3 aromatic rings. The molecule has 2 aliphatic rings. The second-order valence-corrected chi connectivity index (χ2v) is 8.34. The molecule has 0 saturated carbocycles. The van der Waals surface area contributed by atoms with Crippen LogP contribution in [0.2, 0.25) is 5.02 Å². The average molecular weight is 458 g/mol. The van der Waals surface area contributed by atoms with E-state index in [1.54, 1.807) is 0 Å². The highest BCUT2D eigenvalue weighted by Gasteiger charge is 2.31. The van der Waals surface area contributed by atoms with Gasteiger partial charge in [-0.05, 0) is 49.1 Å². The molecule has 2 heterocycles. The Bertz CT molecular complexity index is 1070. The number of rotatable bonds is 4. The van der Waals surface area contributed by atoms with Crippen molar-refractivity contribution in [3.8, 4) is 5.69 Å². The molecule has 1 aromatic heterocycles. The van der Waals surface area contributed by atoms with E-state index in [1.165, 1.54) is 0 Å². The Morgan fingerprint density at radius 1 is 1.10 bits per heavy atom. The van der Waals surface area contributed by atoms with Crippen LogP contribution in [0.15, 0.2) is 54.6 Å². The van der Waals surface area contributed by atoms with Crippen molar-refractivity contribution in [2.45, 2.75) is 31.2 Å². The molecule has 0 spiro atoms. The van der Waals surface area contributed by atoms with Gasteiger partial charge < -0.3 is 10.6 Å². The Morgan fingerprint density at radius 2 is 1.94 bits per heavy atom. The summed E-state index contributed by atoms with van der Waals surface area (Å²) in [4.78, 5) is 13.0. The van der Waals surface area contributed by atoms with Gasteiger partial charge in [-0.1, -0.05) is 41.9 Å². The second-order valence-electron chi connectivity index (χ2n) is 7.90. The van der Waals surface area contributed by atoms with E-state index in [2.05, 4.69) is 22.0 Å². The van der Waals surface area contributed by atoms with Crippen molar-refractivity contribution in [1.82, 2.24) is 20.4 Å². The van der Waals surface area contributed by atoms with E-state index >= 15 is 0 Å². The maximum absolute atomic E-state index is 13.0. The summed E-state index contributed by atoms with van der Waals surface area (Å²) >= 11 is 6.17. The van der Waals surface area contributed by atoms with E-state index in [9.17, 15) is 4.79 Å². The summed E-state index contributed by atoms with van der Waals surface area (Å²) < 4.78 is 1.85. The zero-order valence-corrected chi connectivity index (χ0v) is 18.5. The zero-order valence-electron chi connectivity index (χ0n) is 17.0. The lowest BCUT2D eigenvalue weighted by molar-refractivity contribution is 0.248. The maximum Gasteiger partial charge on any atom is 0.320 e. The third-order valence-corrected chi connectivity index (χ3v) is 6.18. The van der Waals surface area contributed by atoms with E-state index in [1.807, 2.05) is 53.2 Å². The van der Waals surface area contributed by atoms with Gasteiger partial charge in [0.2, 0.25) is 0 Å². The first-order chi connectivity index (χ1) is 14.7. The molecular weight excluding hydrogens is 433 g/mol. The fourth-order valence-electron chi connectivity index (χ4n) is 4.51. The van der Waals surface area contributed by atoms with Gasteiger partial charge in [0.05, 0.1) is 17.4 Å². The summed E-state index contributed by atoms with van der Waals surface area (Å²) in [6.07, 6.45) is 2.97. The van der Waals surface area contributed by atoms with Crippen molar-refractivity contribution in [3.05, 3.63) is 76.4 Å². The van der Waals surface area contributed by atoms with Gasteiger partial charge in [-0.3, -0.25) is 5.32 Å². The molecule has 162 valence electrons. The van der Waals surface area contributed by atoms with Gasteiger partial charge in [-0.15, -0.1) is 12.4 Å². The predicted octanol–water partition coefficient (Wildman–Crippen LogP) is 4.31. The fourth-order valence-corrected chi connectivity index (χ4v) is 4.70. The average Bonchev–Trinajstić information content (AvgIpc) is 3.46. The highest BCUT2D eigenvalue weighted by Crippen LogP contribution is 2.31. The number of aromatic nitrogens is 2. The molecule has 1 aliphatic heterocycles. The minimum Gasteiger partial charge on any atom is -0.333 e. The number of urea groups is 1. The first kappa shape index (κ1) is 21.7. The van der Waals surface area contributed by atoms with Crippen LogP contribution in [0.1, 0.15) is 29.2 Å². The summed E-state index contributed by atoms with van der Waals surface area (Å²) in [5.41, 5.74) is 4.30. The van der Waals surface area contributed by atoms with Crippen LogP contribution in [-0.4, -0.2) is 34.9 Å². The lowest BCUT2D eigenvalue weighted by Crippen LogP contribution is -2.42. The number of para-hydroxylation sites is 1. The summed E-state index contributed by atoms with van der Waals surface area (Å²) in [5, 5.41) is 15.1. The number of benzene rings is 2. The zero-order chi connectivity index (χ0) is 20.5. The number of anilines is 1. The van der Waals surface area contributed by atoms with Gasteiger partial charge in [0.1, 0.15) is 5.82 Å². The van der Waals surface area contributed by atoms with Crippen LogP contribution in [0.5, 0.6) is 0 Å². The van der Waals surface area contributed by atoms with Crippen LogP contribution in [0.3, 0.4) is 0 Å². The van der Waals surface area contributed by atoms with Crippen molar-refractivity contribution >= 4 is 35.9 Å². The van der Waals surface area contributed by atoms with Crippen molar-refractivity contribution in [3.63, 3.8) is 0 Å². The normalized spacial score (nSPS) is 19.5. The number of hydrogen-bond donors (Lipinski definition) is 3. The van der Waals surface area contributed by atoms with Crippen LogP contribution in [0.4, 0.5) is 10.6 Å². The largest absolute Gasteiger partial charge is 0.333 e. The van der Waals surface area contributed by atoms with Crippen molar-refractivity contribution in [2.75, 3.05) is 18.4 Å². The van der Waals surface area contributed by atoms with Crippen LogP contribution in [0, 0.1) is 0 Å². The first-order valence-electron chi connectivity index (χ1n) is 10.4. The lowest BCUT2D eigenvalue weighted by Gasteiger charge is -2.21. The number of nitrogens with zero attached hydrogens (tertiary/aromatic N) is 2. The van der Waals surface area contributed by atoms with E-state index in [4.69, 9.17) is 16.7 Å². The second kappa shape index (κ2) is 9.30. The minimum atomic E-state index is -0.206. The van der Waals surface area contributed by atoms with Crippen molar-refractivity contribution in [1.29, 1.82) is 0 Å². The summed E-state index contributed by atoms with van der Waals surface area (Å²) in [6, 6.07) is 17.6. The third kappa shape index (κ3) is 4.42. The highest BCUT2D eigenvalue weighted by atomic mass is 35.5. The molecule has 5 rings (SSSR count). The quantitative estimate of drug-likeness (QED) is 0.546. The Balaban J connectivity index is 0.00000231. The lowest BCUT2D eigenvalue weighted by atomic mass is 9.94. The minimum absolute atomic E-state index is 0. The molecule has 6 nitrogen and oxygen atoms in total. The molecular formula is C23H25Cl2N5O. The van der Waals surface area contributed by atoms with E-state index in [0.29, 0.717) is 5.02 Å². The molecule has 0 radical (unpaired) electrons. The van der Waals surface area contributed by atoms with E-state index in [-0.39, 0.29) is 30.4 Å². The summed E-state index contributed by atoms with van der Waals surface area (Å²) in [7, 11) is 0. The number of halogens is 2. The Hall–Kier alpha value is -2.54. The molecule has 1 fully saturated rings. The molecule has 2 unspecified atom stereocenters. The summed E-state index contributed by atoms with van der Waals surface area (Å²) in [5.74, 6) is 0.954. The van der Waals surface area contributed by atoms with E-state index in [0.717, 1.165) is 60.7 Å². The highest BCUT2D eigenvalue weighted by molar-refractivity contribution is 6.30. The smallest absolute Gasteiger partial charge is 0.320 e. The molecule has 3 N–H and O–H groups in total. The van der Waals surface area contributed by atoms with E-state index < -0.39 is 0 Å². The summed E-state index contributed by atoms with van der Waals surface area (Å²) in [6.45, 7) is 1.53. The SMILES string of the molecule is Cl.O=C(Nc1c2c(nn1-c1ccccc1)CCC2)NC1CNCC1c1cccc(Cl)c1. The number of amides is 2. The van der Waals surface area contributed by atoms with Crippen LogP contribution in [-0.2, 0) is 12.8 Å². The van der Waals surface area contributed by atoms with Gasteiger partial charge >= 0.3 is 6.03 Å². The molecule has 1 saturated heterocycles. The predicted molar refractivity (Wildman–Crippen MR) is 126 cm³/mol. The van der Waals surface area contributed by atoms with Crippen molar-refractivity contribution in [2.24, 2.45) is 0 Å². The Morgan fingerprint density at radius 3 is 2.74 bits per heavy atom. The molecule has 0 bridgehead atoms. The van der Waals surface area contributed by atoms with Gasteiger partial charge in [-0.2, -0.15) is 5.10 Å². The molecule has 2 aromatic carbocycles. The van der Waals surface area contributed by atoms with Crippen LogP contribution in [0.25, 0.3) is 5.69 Å². The number of aryl methyl sites for hydroxylation is 1. The maximum atomic E-state index is 13.0. The number of fused-ring (bicyclic) bond motifs is 1. The molecule has 2 atom stereocenters. The third-order valence-electron chi connectivity index (χ3n) is 5.95. The molecule has 8 heteroatoms. The van der Waals surface area contributed by atoms with Crippen molar-refractivity contribution < 1.29 is 4.79 Å². The monoisotopic (exact) mass is 457 g/mol. The standard InChI is InChI=1S/C23H24ClN5O.ClH/c24-16-7-4-6-15(12-16)19-13-25-14-21(19)26-23(30)27-22-18-10-5-11-20(18)28-29(22)17-8-2-1-3-9-17;/h1-4,6-9,12,19,21,25H,5,10-11,13-14H2,(H2,26,27,30);1H. The van der Waals surface area contributed by atoms with Gasteiger partial charge in [0, 0.05) is 29.6 Å². The molecule has 2 amide bonds. The Kier molecular flexibility index (Phi) is 6.51. The topological polar surface area (TPSA) is 71.0 Å². The Labute approximate surface area is 192 Å². The number of carbonyl (C=O) groups is 1. The molecule has 1 aliphatic carbocycles. The first-order valence-corrected chi connectivity index (χ1v) is 10.8. The van der Waals surface area contributed by atoms with Gasteiger partial charge in [0.25, 0.3) is 0 Å². The van der Waals surface area contributed by atoms with Gasteiger partial charge in [-0.25, -0.2) is 9.48 Å². The number of hydrogen-bond acceptors (Lipinski definition) is 3. The number of carbonyl (C=O) groups excluding carboxylic acids is 1.